The maximum Gasteiger partial charge on any atom is 0.240 e. The summed E-state index contributed by atoms with van der Waals surface area (Å²) in [5, 5.41) is 22.8. The Bertz CT molecular complexity index is 1320. The van der Waals surface area contributed by atoms with Crippen LogP contribution in [0.1, 0.15) is 17.5 Å². The summed E-state index contributed by atoms with van der Waals surface area (Å²) in [5.74, 6) is -0.321. The van der Waals surface area contributed by atoms with Crippen molar-refractivity contribution < 1.29 is 21.9 Å². The summed E-state index contributed by atoms with van der Waals surface area (Å²) >= 11 is 0. The Morgan fingerprint density at radius 2 is 1.94 bits per heavy atom. The van der Waals surface area contributed by atoms with Crippen LogP contribution in [0.25, 0.3) is 11.1 Å². The van der Waals surface area contributed by atoms with E-state index < -0.39 is 41.5 Å². The van der Waals surface area contributed by atoms with E-state index in [1.165, 1.54) is 12.3 Å². The second kappa shape index (κ2) is 8.99. The molecule has 0 saturated carbocycles. The van der Waals surface area contributed by atoms with Gasteiger partial charge in [0.25, 0.3) is 0 Å². The Hall–Kier alpha value is -2.78. The second-order valence-electron chi connectivity index (χ2n) is 7.15. The van der Waals surface area contributed by atoms with E-state index in [4.69, 9.17) is 16.6 Å². The number of azo groups is 1. The molecule has 1 aliphatic heterocycles. The molecule has 1 aromatic carbocycles. The van der Waals surface area contributed by atoms with Crippen LogP contribution >= 0.6 is 0 Å². The monoisotopic (exact) mass is 481 g/mol. The number of aromatic nitrogens is 1. The molecule has 0 radical (unpaired) electrons. The number of hydrogen-bond acceptors (Lipinski definition) is 11. The summed E-state index contributed by atoms with van der Waals surface area (Å²) < 4.78 is 51.4. The summed E-state index contributed by atoms with van der Waals surface area (Å²) in [5.41, 5.74) is 12.4. The van der Waals surface area contributed by atoms with Crippen LogP contribution in [-0.2, 0) is 19.9 Å². The fraction of sp³-hybridized carbons (Fsp3) is 0.333. The lowest BCUT2D eigenvalue weighted by molar-refractivity contribution is 0.179. The van der Waals surface area contributed by atoms with Crippen LogP contribution in [0.2, 0.25) is 0 Å². The van der Waals surface area contributed by atoms with Crippen LogP contribution in [0.15, 0.2) is 49.4 Å². The van der Waals surface area contributed by atoms with Crippen LogP contribution in [0.4, 0.5) is 5.82 Å². The number of aliphatic hydroxyl groups is 1. The van der Waals surface area contributed by atoms with Gasteiger partial charge in [-0.25, -0.2) is 32.0 Å². The van der Waals surface area contributed by atoms with Gasteiger partial charge in [-0.1, -0.05) is 6.07 Å². The maximum absolute atomic E-state index is 13.0. The molecule has 12 nitrogen and oxygen atoms in total. The van der Waals surface area contributed by atoms with E-state index in [2.05, 4.69) is 20.2 Å². The molecule has 3 rings (SSSR count). The minimum absolute atomic E-state index is 0.0441. The SMILES string of the molecule is Cc1cc(-c2ccc(S(=O)(=O)CC[C@H](O)CN)c(S(N)(=O)=O)c2C2=NCN=N2)cnc1N. The van der Waals surface area contributed by atoms with Gasteiger partial charge in [0.15, 0.2) is 22.3 Å². The number of amidine groups is 1. The highest BCUT2D eigenvalue weighted by Gasteiger charge is 2.32. The zero-order valence-corrected chi connectivity index (χ0v) is 18.8. The number of primary sulfonamides is 1. The normalized spacial score (nSPS) is 15.1. The molecule has 1 aromatic heterocycles. The fourth-order valence-electron chi connectivity index (χ4n) is 3.16. The van der Waals surface area contributed by atoms with Crippen LogP contribution in [0.3, 0.4) is 0 Å². The van der Waals surface area contributed by atoms with Crippen molar-refractivity contribution in [3.63, 3.8) is 0 Å². The zero-order valence-electron chi connectivity index (χ0n) is 17.1. The molecule has 2 aromatic rings. The highest BCUT2D eigenvalue weighted by molar-refractivity contribution is 7.93. The average molecular weight is 482 g/mol. The van der Waals surface area contributed by atoms with E-state index in [0.29, 0.717) is 16.7 Å². The largest absolute Gasteiger partial charge is 0.392 e. The number of nitrogens with two attached hydrogens (primary N) is 3. The second-order valence-corrected chi connectivity index (χ2v) is 10.7. The summed E-state index contributed by atoms with van der Waals surface area (Å²) in [6, 6.07) is 4.26. The predicted octanol–water partition coefficient (Wildman–Crippen LogP) is -0.0601. The van der Waals surface area contributed by atoms with Gasteiger partial charge in [-0.15, -0.1) is 5.11 Å². The van der Waals surface area contributed by atoms with Gasteiger partial charge in [0.2, 0.25) is 10.0 Å². The Morgan fingerprint density at radius 3 is 2.50 bits per heavy atom. The van der Waals surface area contributed by atoms with Gasteiger partial charge < -0.3 is 16.6 Å². The van der Waals surface area contributed by atoms with Crippen molar-refractivity contribution in [2.75, 3.05) is 24.7 Å². The molecule has 0 unspecified atom stereocenters. The third kappa shape index (κ3) is 4.83. The fourth-order valence-corrected chi connectivity index (χ4v) is 6.19. The number of anilines is 1. The number of hydrogen-bond donors (Lipinski definition) is 4. The molecule has 2 heterocycles. The smallest absolute Gasteiger partial charge is 0.240 e. The molecule has 14 heteroatoms. The first-order valence-electron chi connectivity index (χ1n) is 9.41. The first-order chi connectivity index (χ1) is 15.0. The minimum atomic E-state index is -4.57. The molecular formula is C18H23N7O5S2. The highest BCUT2D eigenvalue weighted by Crippen LogP contribution is 2.36. The van der Waals surface area contributed by atoms with E-state index in [1.54, 1.807) is 13.0 Å². The Balaban J connectivity index is 2.33. The highest BCUT2D eigenvalue weighted by atomic mass is 32.2. The Morgan fingerprint density at radius 1 is 1.22 bits per heavy atom. The zero-order chi connectivity index (χ0) is 23.7. The number of sulfonamides is 1. The summed E-state index contributed by atoms with van der Waals surface area (Å²) in [6.45, 7) is 1.54. The molecule has 0 fully saturated rings. The molecule has 0 spiro atoms. The number of rotatable bonds is 8. The van der Waals surface area contributed by atoms with Gasteiger partial charge in [-0.2, -0.15) is 5.11 Å². The van der Waals surface area contributed by atoms with E-state index in [-0.39, 0.29) is 36.9 Å². The Labute approximate surface area is 185 Å². The number of benzene rings is 1. The molecular weight excluding hydrogens is 458 g/mol. The molecule has 32 heavy (non-hydrogen) atoms. The summed E-state index contributed by atoms with van der Waals surface area (Å²) in [6.07, 6.45) is 0.187. The molecule has 0 saturated heterocycles. The van der Waals surface area contributed by atoms with Gasteiger partial charge in [0.05, 0.1) is 22.3 Å². The van der Waals surface area contributed by atoms with E-state index in [1.807, 2.05) is 0 Å². The van der Waals surface area contributed by atoms with Crippen LogP contribution in [0.5, 0.6) is 0 Å². The standard InChI is InChI=1S/C18H23N7O5S2/c1-10-6-11(8-22-17(10)20)13-2-3-14(31(27,28)5-4-12(26)7-19)16(32(21,29)30)15(13)18-23-9-24-25-18/h2-3,6,8,12,26H,4-5,7,9,19H2,1H3,(H2,20,22)(H2,21,29,30)/t12-/m0/s1. The van der Waals surface area contributed by atoms with E-state index in [0.717, 1.165) is 6.07 Å². The number of aliphatic imine (C=N–C) groups is 1. The maximum atomic E-state index is 13.0. The lowest BCUT2D eigenvalue weighted by atomic mass is 9.99. The molecule has 0 bridgehead atoms. The number of aliphatic hydroxyl groups excluding tert-OH is 1. The number of pyridine rings is 1. The van der Waals surface area contributed by atoms with Crippen molar-refractivity contribution in [3.8, 4) is 11.1 Å². The molecule has 172 valence electrons. The summed E-state index contributed by atoms with van der Waals surface area (Å²) in [7, 11) is -8.75. The lowest BCUT2D eigenvalue weighted by Gasteiger charge is -2.17. The van der Waals surface area contributed by atoms with Crippen molar-refractivity contribution in [2.24, 2.45) is 26.1 Å². The van der Waals surface area contributed by atoms with Gasteiger partial charge in [-0.05, 0) is 36.6 Å². The average Bonchev–Trinajstić information content (AvgIpc) is 3.27. The number of aryl methyl sites for hydroxylation is 1. The predicted molar refractivity (Wildman–Crippen MR) is 118 cm³/mol. The molecule has 0 aliphatic carbocycles. The van der Waals surface area contributed by atoms with E-state index >= 15 is 0 Å². The molecule has 0 amide bonds. The first kappa shape index (κ1) is 23.9. The Kier molecular flexibility index (Phi) is 6.71. The quantitative estimate of drug-likeness (QED) is 0.399. The minimum Gasteiger partial charge on any atom is -0.392 e. The number of nitrogen functional groups attached to an aromatic ring is 1. The van der Waals surface area contributed by atoms with Gasteiger partial charge in [0.1, 0.15) is 10.7 Å². The van der Waals surface area contributed by atoms with E-state index in [9.17, 15) is 21.9 Å². The van der Waals surface area contributed by atoms with Crippen molar-refractivity contribution in [1.29, 1.82) is 0 Å². The lowest BCUT2D eigenvalue weighted by Crippen LogP contribution is -2.25. The van der Waals surface area contributed by atoms with Gasteiger partial charge in [-0.3, -0.25) is 0 Å². The third-order valence-electron chi connectivity index (χ3n) is 4.84. The first-order valence-corrected chi connectivity index (χ1v) is 12.6. The van der Waals surface area contributed by atoms with Crippen LogP contribution in [-0.4, -0.2) is 57.8 Å². The van der Waals surface area contributed by atoms with Crippen molar-refractivity contribution in [2.45, 2.75) is 29.2 Å². The molecule has 1 aliphatic rings. The van der Waals surface area contributed by atoms with Gasteiger partial charge >= 0.3 is 0 Å². The van der Waals surface area contributed by atoms with Crippen LogP contribution in [0, 0.1) is 6.92 Å². The number of nitrogens with zero attached hydrogens (tertiary/aromatic N) is 4. The molecule has 1 atom stereocenters. The number of sulfone groups is 1. The molecule has 7 N–H and O–H groups in total. The van der Waals surface area contributed by atoms with Crippen molar-refractivity contribution in [3.05, 3.63) is 35.5 Å². The van der Waals surface area contributed by atoms with Crippen molar-refractivity contribution in [1.82, 2.24) is 4.98 Å². The summed E-state index contributed by atoms with van der Waals surface area (Å²) in [4.78, 5) is 7.01. The third-order valence-corrected chi connectivity index (χ3v) is 7.74. The van der Waals surface area contributed by atoms with Gasteiger partial charge in [0, 0.05) is 18.3 Å². The van der Waals surface area contributed by atoms with Crippen LogP contribution < -0.4 is 16.6 Å². The van der Waals surface area contributed by atoms with Crippen molar-refractivity contribution >= 4 is 31.5 Å². The topological polar surface area (TPSA) is 217 Å².